The first-order chi connectivity index (χ1) is 15.1. The smallest absolute Gasteiger partial charge is 0.170 e. The number of pyridine rings is 2. The highest BCUT2D eigenvalue weighted by Crippen LogP contribution is 2.41. The Morgan fingerprint density at radius 3 is 2.52 bits per heavy atom. The van der Waals surface area contributed by atoms with Crippen LogP contribution in [0.25, 0.3) is 0 Å². The second-order valence-electron chi connectivity index (χ2n) is 7.59. The van der Waals surface area contributed by atoms with Crippen molar-refractivity contribution >= 4 is 17.3 Å². The fourth-order valence-electron chi connectivity index (χ4n) is 4.33. The molecule has 1 fully saturated rings. The molecule has 5 rings (SSSR count). The summed E-state index contributed by atoms with van der Waals surface area (Å²) in [6.45, 7) is 4.88. The van der Waals surface area contributed by atoms with E-state index in [0.717, 1.165) is 22.6 Å². The molecular formula is C22H22N8S. The van der Waals surface area contributed by atoms with E-state index >= 15 is 0 Å². The molecule has 0 saturated carbocycles. The Hall–Kier alpha value is -3.59. The van der Waals surface area contributed by atoms with Gasteiger partial charge in [-0.05, 0) is 62.0 Å². The molecule has 31 heavy (non-hydrogen) atoms. The standard InChI is InChI=1S/C22H22N8S/c1-15-11-18(16(2)30(15)28-13-25-26-14-28)21-20(19-5-3-4-8-24-19)27-22(31)29(21)12-17-6-9-23-10-7-17/h3-11,13-14,20-21H,12H2,1-2H3,(H,27,31)/t20-,21+/m1/s1. The Morgan fingerprint density at radius 2 is 1.81 bits per heavy atom. The normalized spacial score (nSPS) is 18.4. The Bertz CT molecular complexity index is 1190. The molecule has 9 heteroatoms. The third kappa shape index (κ3) is 3.46. The summed E-state index contributed by atoms with van der Waals surface area (Å²) in [7, 11) is 0. The SMILES string of the molecule is Cc1cc([C@H]2[C@@H](c3ccccn3)NC(=S)N2Cc2ccncc2)c(C)n1-n1cnnc1. The van der Waals surface area contributed by atoms with Crippen molar-refractivity contribution in [3.8, 4) is 0 Å². The first kappa shape index (κ1) is 19.4. The minimum atomic E-state index is -0.0644. The van der Waals surface area contributed by atoms with Gasteiger partial charge in [0.1, 0.15) is 12.7 Å². The molecule has 5 heterocycles. The fourth-order valence-corrected chi connectivity index (χ4v) is 4.64. The monoisotopic (exact) mass is 430 g/mol. The summed E-state index contributed by atoms with van der Waals surface area (Å²) < 4.78 is 3.99. The van der Waals surface area contributed by atoms with E-state index < -0.39 is 0 Å². The molecular weight excluding hydrogens is 408 g/mol. The van der Waals surface area contributed by atoms with Gasteiger partial charge in [-0.15, -0.1) is 10.2 Å². The van der Waals surface area contributed by atoms with Crippen molar-refractivity contribution in [3.63, 3.8) is 0 Å². The molecule has 0 aliphatic carbocycles. The summed E-state index contributed by atoms with van der Waals surface area (Å²) in [5.74, 6) is 0. The second-order valence-corrected chi connectivity index (χ2v) is 7.98. The molecule has 0 radical (unpaired) electrons. The first-order valence-electron chi connectivity index (χ1n) is 10.0. The van der Waals surface area contributed by atoms with Crippen molar-refractivity contribution in [3.05, 3.63) is 95.9 Å². The molecule has 2 atom stereocenters. The van der Waals surface area contributed by atoms with E-state index in [9.17, 15) is 0 Å². The van der Waals surface area contributed by atoms with Crippen LogP contribution in [0, 0.1) is 13.8 Å². The van der Waals surface area contributed by atoms with Crippen molar-refractivity contribution in [2.45, 2.75) is 32.5 Å². The largest absolute Gasteiger partial charge is 0.352 e. The Labute approximate surface area is 185 Å². The quantitative estimate of drug-likeness (QED) is 0.488. The summed E-state index contributed by atoms with van der Waals surface area (Å²) in [4.78, 5) is 11.0. The summed E-state index contributed by atoms with van der Waals surface area (Å²) in [5, 5.41) is 12.2. The van der Waals surface area contributed by atoms with E-state index in [1.54, 1.807) is 12.7 Å². The molecule has 1 aliphatic rings. The Kier molecular flexibility index (Phi) is 4.95. The molecule has 4 aromatic rings. The molecule has 8 nitrogen and oxygen atoms in total. The Balaban J connectivity index is 1.62. The van der Waals surface area contributed by atoms with Crippen LogP contribution in [0.1, 0.15) is 40.3 Å². The van der Waals surface area contributed by atoms with Gasteiger partial charge in [-0.1, -0.05) is 6.07 Å². The lowest BCUT2D eigenvalue weighted by Crippen LogP contribution is -2.29. The molecule has 0 unspecified atom stereocenters. The van der Waals surface area contributed by atoms with Gasteiger partial charge in [-0.2, -0.15) is 0 Å². The third-order valence-corrected chi connectivity index (χ3v) is 6.04. The predicted molar refractivity (Wildman–Crippen MR) is 120 cm³/mol. The maximum atomic E-state index is 5.80. The van der Waals surface area contributed by atoms with E-state index in [0.29, 0.717) is 11.7 Å². The molecule has 1 N–H and O–H groups in total. The van der Waals surface area contributed by atoms with E-state index in [-0.39, 0.29) is 12.1 Å². The molecule has 0 aromatic carbocycles. The molecule has 1 aliphatic heterocycles. The Morgan fingerprint density at radius 1 is 1.03 bits per heavy atom. The van der Waals surface area contributed by atoms with Gasteiger partial charge >= 0.3 is 0 Å². The maximum absolute atomic E-state index is 5.80. The van der Waals surface area contributed by atoms with Gasteiger partial charge in [0.2, 0.25) is 0 Å². The van der Waals surface area contributed by atoms with Gasteiger partial charge in [0.25, 0.3) is 0 Å². The van der Waals surface area contributed by atoms with Crippen LogP contribution in [-0.2, 0) is 6.54 Å². The van der Waals surface area contributed by atoms with Crippen molar-refractivity contribution < 1.29 is 0 Å². The van der Waals surface area contributed by atoms with Crippen LogP contribution in [0.15, 0.2) is 67.6 Å². The lowest BCUT2D eigenvalue weighted by Gasteiger charge is -2.28. The molecule has 1 saturated heterocycles. The van der Waals surface area contributed by atoms with Crippen LogP contribution in [0.4, 0.5) is 0 Å². The van der Waals surface area contributed by atoms with Crippen molar-refractivity contribution in [2.24, 2.45) is 0 Å². The van der Waals surface area contributed by atoms with Crippen LogP contribution in [-0.4, -0.2) is 39.5 Å². The second kappa shape index (κ2) is 7.92. The van der Waals surface area contributed by atoms with Crippen LogP contribution in [0.5, 0.6) is 0 Å². The van der Waals surface area contributed by atoms with Gasteiger partial charge in [0, 0.05) is 42.1 Å². The molecule has 156 valence electrons. The molecule has 0 bridgehead atoms. The van der Waals surface area contributed by atoms with E-state index in [1.807, 2.05) is 53.6 Å². The van der Waals surface area contributed by atoms with E-state index in [2.05, 4.69) is 55.0 Å². The number of aromatic nitrogens is 6. The minimum Gasteiger partial charge on any atom is -0.352 e. The zero-order chi connectivity index (χ0) is 21.4. The number of nitrogens with one attached hydrogen (secondary N) is 1. The van der Waals surface area contributed by atoms with Gasteiger partial charge in [-0.25, -0.2) is 4.68 Å². The number of hydrogen-bond acceptors (Lipinski definition) is 5. The highest BCUT2D eigenvalue weighted by Gasteiger charge is 2.41. The zero-order valence-corrected chi connectivity index (χ0v) is 18.1. The molecule has 0 amide bonds. The van der Waals surface area contributed by atoms with Crippen molar-refractivity contribution in [2.75, 3.05) is 0 Å². The predicted octanol–water partition coefficient (Wildman–Crippen LogP) is 2.97. The van der Waals surface area contributed by atoms with Gasteiger partial charge in [0.05, 0.1) is 17.8 Å². The van der Waals surface area contributed by atoms with Crippen LogP contribution < -0.4 is 5.32 Å². The van der Waals surface area contributed by atoms with Crippen LogP contribution in [0.2, 0.25) is 0 Å². The van der Waals surface area contributed by atoms with Crippen molar-refractivity contribution in [1.82, 2.24) is 39.7 Å². The average molecular weight is 431 g/mol. The van der Waals surface area contributed by atoms with Crippen LogP contribution in [0.3, 0.4) is 0 Å². The zero-order valence-electron chi connectivity index (χ0n) is 17.3. The van der Waals surface area contributed by atoms with Gasteiger partial charge < -0.3 is 10.2 Å². The number of rotatable bonds is 5. The molecule has 0 spiro atoms. The third-order valence-electron chi connectivity index (χ3n) is 5.69. The number of aryl methyl sites for hydroxylation is 1. The van der Waals surface area contributed by atoms with Crippen LogP contribution >= 0.6 is 12.2 Å². The average Bonchev–Trinajstić information content (AvgIpc) is 3.49. The first-order valence-corrected chi connectivity index (χ1v) is 10.5. The summed E-state index contributed by atoms with van der Waals surface area (Å²) in [6.07, 6.45) is 8.84. The number of thiocarbonyl (C=S) groups is 1. The topological polar surface area (TPSA) is 76.7 Å². The van der Waals surface area contributed by atoms with Gasteiger partial charge in [0.15, 0.2) is 5.11 Å². The highest BCUT2D eigenvalue weighted by atomic mass is 32.1. The number of nitrogens with zero attached hydrogens (tertiary/aromatic N) is 7. The summed E-state index contributed by atoms with van der Waals surface area (Å²) in [5.41, 5.74) is 5.49. The maximum Gasteiger partial charge on any atom is 0.170 e. The van der Waals surface area contributed by atoms with E-state index in [1.165, 1.54) is 5.56 Å². The van der Waals surface area contributed by atoms with E-state index in [4.69, 9.17) is 12.2 Å². The minimum absolute atomic E-state index is 0.0213. The fraction of sp³-hybridized carbons (Fsp3) is 0.227. The summed E-state index contributed by atoms with van der Waals surface area (Å²) in [6, 6.07) is 12.2. The molecule has 4 aromatic heterocycles. The van der Waals surface area contributed by atoms with Gasteiger partial charge in [-0.3, -0.25) is 14.6 Å². The lowest BCUT2D eigenvalue weighted by atomic mass is 9.96. The number of hydrogen-bond donors (Lipinski definition) is 1. The summed E-state index contributed by atoms with van der Waals surface area (Å²) >= 11 is 5.80. The highest BCUT2D eigenvalue weighted by molar-refractivity contribution is 7.80. The van der Waals surface area contributed by atoms with Crippen molar-refractivity contribution in [1.29, 1.82) is 0 Å². The lowest BCUT2D eigenvalue weighted by molar-refractivity contribution is 0.309.